The largest absolute Gasteiger partial charge is 0.344 e. The van der Waals surface area contributed by atoms with Crippen LogP contribution in [0.25, 0.3) is 0 Å². The highest BCUT2D eigenvalue weighted by Crippen LogP contribution is 2.29. The van der Waals surface area contributed by atoms with E-state index in [1.165, 1.54) is 22.8 Å². The van der Waals surface area contributed by atoms with Crippen LogP contribution in [0.4, 0.5) is 5.69 Å². The zero-order valence-corrected chi connectivity index (χ0v) is 12.1. The molecule has 0 saturated heterocycles. The Morgan fingerprint density at radius 3 is 2.76 bits per heavy atom. The predicted octanol–water partition coefficient (Wildman–Crippen LogP) is 2.02. The number of aldehydes is 1. The van der Waals surface area contributed by atoms with Gasteiger partial charge in [0.15, 0.2) is 11.4 Å². The van der Waals surface area contributed by atoms with Gasteiger partial charge in [0.2, 0.25) is 0 Å². The van der Waals surface area contributed by atoms with E-state index in [1.54, 1.807) is 0 Å². The van der Waals surface area contributed by atoms with Crippen LogP contribution < -0.4 is 5.69 Å². The van der Waals surface area contributed by atoms with E-state index in [9.17, 15) is 19.7 Å². The SMILES string of the molecule is CC(C)n1c(Sc2ccc([N+](=O)[O-])c(C=O)c2)n[nH]c1=O. The second-order valence-corrected chi connectivity index (χ2v) is 5.51. The van der Waals surface area contributed by atoms with Crippen LogP contribution in [0.2, 0.25) is 0 Å². The minimum absolute atomic E-state index is 0.0148. The number of carbonyl (C=O) groups excluding carboxylic acids is 1. The summed E-state index contributed by atoms with van der Waals surface area (Å²) in [4.78, 5) is 33.3. The van der Waals surface area contributed by atoms with Gasteiger partial charge in [-0.1, -0.05) is 0 Å². The van der Waals surface area contributed by atoms with Crippen LogP contribution in [-0.2, 0) is 0 Å². The Kier molecular flexibility index (Phi) is 4.22. The molecule has 8 nitrogen and oxygen atoms in total. The molecular weight excluding hydrogens is 296 g/mol. The zero-order chi connectivity index (χ0) is 15.6. The first-order valence-electron chi connectivity index (χ1n) is 6.02. The van der Waals surface area contributed by atoms with Gasteiger partial charge in [-0.2, -0.15) is 0 Å². The number of hydrogen-bond acceptors (Lipinski definition) is 6. The third-order valence-electron chi connectivity index (χ3n) is 2.72. The monoisotopic (exact) mass is 308 g/mol. The van der Waals surface area contributed by atoms with Crippen LogP contribution in [0.1, 0.15) is 30.2 Å². The average Bonchev–Trinajstić information content (AvgIpc) is 2.79. The predicted molar refractivity (Wildman–Crippen MR) is 75.8 cm³/mol. The number of aromatic nitrogens is 3. The highest BCUT2D eigenvalue weighted by Gasteiger charge is 2.16. The topological polar surface area (TPSA) is 111 Å². The molecule has 0 aliphatic rings. The van der Waals surface area contributed by atoms with E-state index in [0.717, 1.165) is 11.8 Å². The number of nitro groups is 1. The fraction of sp³-hybridized carbons (Fsp3) is 0.250. The van der Waals surface area contributed by atoms with Gasteiger partial charge in [-0.05, 0) is 37.7 Å². The summed E-state index contributed by atoms with van der Waals surface area (Å²) in [5, 5.41) is 17.5. The first-order chi connectivity index (χ1) is 9.93. The quantitative estimate of drug-likeness (QED) is 0.514. The lowest BCUT2D eigenvalue weighted by Crippen LogP contribution is -2.19. The van der Waals surface area contributed by atoms with E-state index < -0.39 is 4.92 Å². The molecule has 0 aliphatic carbocycles. The summed E-state index contributed by atoms with van der Waals surface area (Å²) >= 11 is 1.15. The van der Waals surface area contributed by atoms with Crippen LogP contribution in [-0.4, -0.2) is 26.0 Å². The van der Waals surface area contributed by atoms with Crippen molar-refractivity contribution in [2.75, 3.05) is 0 Å². The maximum Gasteiger partial charge on any atom is 0.344 e. The minimum atomic E-state index is -0.614. The number of hydrogen-bond donors (Lipinski definition) is 1. The van der Waals surface area contributed by atoms with Crippen LogP contribution in [0.15, 0.2) is 33.0 Å². The average molecular weight is 308 g/mol. The number of H-pyrrole nitrogens is 1. The lowest BCUT2D eigenvalue weighted by molar-refractivity contribution is -0.385. The summed E-state index contributed by atoms with van der Waals surface area (Å²) in [7, 11) is 0. The lowest BCUT2D eigenvalue weighted by Gasteiger charge is -2.08. The molecule has 0 saturated carbocycles. The van der Waals surface area contributed by atoms with Crippen molar-refractivity contribution >= 4 is 23.7 Å². The van der Waals surface area contributed by atoms with Crippen molar-refractivity contribution in [1.82, 2.24) is 14.8 Å². The molecule has 110 valence electrons. The molecule has 21 heavy (non-hydrogen) atoms. The minimum Gasteiger partial charge on any atom is -0.298 e. The van der Waals surface area contributed by atoms with Crippen LogP contribution in [0, 0.1) is 10.1 Å². The number of aromatic amines is 1. The van der Waals surface area contributed by atoms with Crippen molar-refractivity contribution in [2.45, 2.75) is 29.9 Å². The van der Waals surface area contributed by atoms with Crippen molar-refractivity contribution in [3.8, 4) is 0 Å². The number of benzene rings is 1. The van der Waals surface area contributed by atoms with Gasteiger partial charge in [0.1, 0.15) is 0 Å². The van der Waals surface area contributed by atoms with Gasteiger partial charge < -0.3 is 0 Å². The van der Waals surface area contributed by atoms with E-state index in [2.05, 4.69) is 10.2 Å². The molecule has 0 fully saturated rings. The van der Waals surface area contributed by atoms with E-state index in [-0.39, 0.29) is 23.0 Å². The summed E-state index contributed by atoms with van der Waals surface area (Å²) in [6.45, 7) is 3.68. The third-order valence-corrected chi connectivity index (χ3v) is 3.68. The summed E-state index contributed by atoms with van der Waals surface area (Å²) in [5.41, 5.74) is -0.596. The van der Waals surface area contributed by atoms with Crippen LogP contribution in [0.5, 0.6) is 0 Å². The number of nitrogens with one attached hydrogen (secondary N) is 1. The van der Waals surface area contributed by atoms with Gasteiger partial charge in [0, 0.05) is 17.0 Å². The zero-order valence-electron chi connectivity index (χ0n) is 11.3. The molecule has 9 heteroatoms. The van der Waals surface area contributed by atoms with Gasteiger partial charge >= 0.3 is 5.69 Å². The van der Waals surface area contributed by atoms with Crippen molar-refractivity contribution in [2.24, 2.45) is 0 Å². The Bertz CT molecular complexity index is 750. The Morgan fingerprint density at radius 2 is 2.19 bits per heavy atom. The molecule has 0 radical (unpaired) electrons. The standard InChI is InChI=1S/C12H12N4O4S/c1-7(2)15-11(18)13-14-12(15)21-9-3-4-10(16(19)20)8(5-9)6-17/h3-7H,1-2H3,(H,13,18). The number of carbonyl (C=O) groups is 1. The molecule has 1 aromatic heterocycles. The summed E-state index contributed by atoms with van der Waals surface area (Å²) in [5.74, 6) is 0. The van der Waals surface area contributed by atoms with E-state index in [4.69, 9.17) is 0 Å². The van der Waals surface area contributed by atoms with E-state index >= 15 is 0 Å². The maximum atomic E-state index is 11.6. The van der Waals surface area contributed by atoms with Crippen molar-refractivity contribution in [1.29, 1.82) is 0 Å². The molecule has 0 amide bonds. The van der Waals surface area contributed by atoms with Crippen molar-refractivity contribution in [3.63, 3.8) is 0 Å². The molecule has 0 unspecified atom stereocenters. The van der Waals surface area contributed by atoms with Crippen LogP contribution >= 0.6 is 11.8 Å². The fourth-order valence-electron chi connectivity index (χ4n) is 1.78. The normalized spacial score (nSPS) is 10.8. The molecule has 1 N–H and O–H groups in total. The van der Waals surface area contributed by atoms with Gasteiger partial charge in [-0.15, -0.1) is 5.10 Å². The fourth-order valence-corrected chi connectivity index (χ4v) is 2.80. The van der Waals surface area contributed by atoms with Gasteiger partial charge in [-0.25, -0.2) is 9.89 Å². The molecule has 0 spiro atoms. The first kappa shape index (κ1) is 15.0. The molecule has 0 atom stereocenters. The molecular formula is C12H12N4O4S. The summed E-state index contributed by atoms with van der Waals surface area (Å²) < 4.78 is 1.46. The molecule has 2 aromatic rings. The Hall–Kier alpha value is -2.42. The summed E-state index contributed by atoms with van der Waals surface area (Å²) in [6.07, 6.45) is 0.433. The third kappa shape index (κ3) is 3.02. The van der Waals surface area contributed by atoms with Gasteiger partial charge in [-0.3, -0.25) is 19.5 Å². The Morgan fingerprint density at radius 1 is 1.48 bits per heavy atom. The second kappa shape index (κ2) is 5.92. The van der Waals surface area contributed by atoms with Gasteiger partial charge in [0.25, 0.3) is 5.69 Å². The maximum absolute atomic E-state index is 11.6. The number of nitro benzene ring substituents is 1. The molecule has 0 aliphatic heterocycles. The molecule has 1 heterocycles. The molecule has 1 aromatic carbocycles. The van der Waals surface area contributed by atoms with E-state index in [0.29, 0.717) is 16.3 Å². The number of rotatable bonds is 5. The van der Waals surface area contributed by atoms with Gasteiger partial charge in [0.05, 0.1) is 10.5 Å². The second-order valence-electron chi connectivity index (χ2n) is 4.47. The van der Waals surface area contributed by atoms with Crippen molar-refractivity contribution in [3.05, 3.63) is 44.4 Å². The highest BCUT2D eigenvalue weighted by molar-refractivity contribution is 7.99. The molecule has 2 rings (SSSR count). The molecule has 0 bridgehead atoms. The number of nitrogens with zero attached hydrogens (tertiary/aromatic N) is 3. The smallest absolute Gasteiger partial charge is 0.298 e. The highest BCUT2D eigenvalue weighted by atomic mass is 32.2. The Balaban J connectivity index is 2.39. The Labute approximate surface area is 123 Å². The summed E-state index contributed by atoms with van der Waals surface area (Å²) in [6, 6.07) is 4.10. The first-order valence-corrected chi connectivity index (χ1v) is 6.84. The van der Waals surface area contributed by atoms with Crippen LogP contribution in [0.3, 0.4) is 0 Å². The lowest BCUT2D eigenvalue weighted by atomic mass is 10.2. The van der Waals surface area contributed by atoms with Crippen molar-refractivity contribution < 1.29 is 9.72 Å². The van der Waals surface area contributed by atoms with E-state index in [1.807, 2.05) is 13.8 Å².